The highest BCUT2D eigenvalue weighted by Gasteiger charge is 2.24. The summed E-state index contributed by atoms with van der Waals surface area (Å²) in [6, 6.07) is 5.60. The Labute approximate surface area is 165 Å². The van der Waals surface area contributed by atoms with Crippen molar-refractivity contribution in [3.05, 3.63) is 34.6 Å². The second-order valence-corrected chi connectivity index (χ2v) is 8.50. The topological polar surface area (TPSA) is 64.2 Å². The van der Waals surface area contributed by atoms with Crippen molar-refractivity contribution in [1.82, 2.24) is 9.97 Å². The fourth-order valence-electron chi connectivity index (χ4n) is 3.46. The van der Waals surface area contributed by atoms with Crippen LogP contribution in [-0.2, 0) is 22.4 Å². The second kappa shape index (κ2) is 7.93. The second-order valence-electron chi connectivity index (χ2n) is 8.09. The zero-order chi connectivity index (χ0) is 19.6. The van der Waals surface area contributed by atoms with Gasteiger partial charge in [0.15, 0.2) is 0 Å². The van der Waals surface area contributed by atoms with Crippen LogP contribution in [0, 0.1) is 5.92 Å². The number of methoxy groups -OCH3 is 1. The lowest BCUT2D eigenvalue weighted by molar-refractivity contribution is -0.155. The number of esters is 1. The lowest BCUT2D eigenvalue weighted by Crippen LogP contribution is -2.24. The summed E-state index contributed by atoms with van der Waals surface area (Å²) in [6.45, 7) is 5.69. The van der Waals surface area contributed by atoms with Crippen LogP contribution >= 0.6 is 11.6 Å². The number of aryl methyl sites for hydroxylation is 1. The van der Waals surface area contributed by atoms with Gasteiger partial charge in [-0.1, -0.05) is 11.6 Å². The number of benzene rings is 1. The highest BCUT2D eigenvalue weighted by molar-refractivity contribution is 6.33. The number of carbonyl (C=O) groups is 1. The molecule has 27 heavy (non-hydrogen) atoms. The fraction of sp³-hybridized carbons (Fsp3) is 0.524. The summed E-state index contributed by atoms with van der Waals surface area (Å²) in [5, 5.41) is 0.613. The van der Waals surface area contributed by atoms with Gasteiger partial charge in [0.05, 0.1) is 17.8 Å². The van der Waals surface area contributed by atoms with Gasteiger partial charge in [-0.3, -0.25) is 4.79 Å². The van der Waals surface area contributed by atoms with Crippen LogP contribution in [-0.4, -0.2) is 28.6 Å². The molecule has 1 aliphatic rings. The average Bonchev–Trinajstić information content (AvgIpc) is 3.01. The molecule has 2 aromatic rings. The number of fused-ring (bicyclic) bond motifs is 1. The van der Waals surface area contributed by atoms with E-state index in [4.69, 9.17) is 26.1 Å². The van der Waals surface area contributed by atoms with Gasteiger partial charge in [0, 0.05) is 17.7 Å². The van der Waals surface area contributed by atoms with Crippen LogP contribution in [0.15, 0.2) is 18.2 Å². The lowest BCUT2D eigenvalue weighted by Gasteiger charge is -2.23. The number of imidazole rings is 1. The van der Waals surface area contributed by atoms with Crippen LogP contribution in [0.5, 0.6) is 5.75 Å². The van der Waals surface area contributed by atoms with Gasteiger partial charge in [-0.25, -0.2) is 4.98 Å². The summed E-state index contributed by atoms with van der Waals surface area (Å²) in [7, 11) is 1.62. The van der Waals surface area contributed by atoms with Crippen molar-refractivity contribution in [1.29, 1.82) is 0 Å². The highest BCUT2D eigenvalue weighted by atomic mass is 35.5. The summed E-state index contributed by atoms with van der Waals surface area (Å²) in [6.07, 6.45) is 4.16. The first kappa shape index (κ1) is 19.7. The Bertz CT molecular complexity index is 823. The number of carbonyl (C=O) groups excluding carboxylic acids is 1. The van der Waals surface area contributed by atoms with Crippen molar-refractivity contribution >= 4 is 17.6 Å². The van der Waals surface area contributed by atoms with Crippen LogP contribution in [0.4, 0.5) is 0 Å². The van der Waals surface area contributed by atoms with Gasteiger partial charge >= 0.3 is 5.97 Å². The molecule has 0 saturated carbocycles. The van der Waals surface area contributed by atoms with Gasteiger partial charge in [-0.15, -0.1) is 0 Å². The number of aromatic amines is 1. The Morgan fingerprint density at radius 3 is 2.81 bits per heavy atom. The largest absolute Gasteiger partial charge is 0.497 e. The number of aromatic nitrogens is 2. The van der Waals surface area contributed by atoms with Gasteiger partial charge in [0.2, 0.25) is 0 Å². The molecule has 1 aliphatic carbocycles. The molecular weight excluding hydrogens is 364 g/mol. The molecule has 1 unspecified atom stereocenters. The van der Waals surface area contributed by atoms with E-state index in [0.717, 1.165) is 54.2 Å². The zero-order valence-corrected chi connectivity index (χ0v) is 17.2. The quantitative estimate of drug-likeness (QED) is 0.732. The van der Waals surface area contributed by atoms with E-state index in [9.17, 15) is 4.79 Å². The maximum atomic E-state index is 12.0. The van der Waals surface area contributed by atoms with Crippen LogP contribution in [0.3, 0.4) is 0 Å². The van der Waals surface area contributed by atoms with Crippen molar-refractivity contribution in [2.24, 2.45) is 5.92 Å². The van der Waals surface area contributed by atoms with Crippen molar-refractivity contribution in [3.8, 4) is 17.1 Å². The van der Waals surface area contributed by atoms with Crippen molar-refractivity contribution in [2.45, 2.75) is 58.5 Å². The summed E-state index contributed by atoms with van der Waals surface area (Å²) in [5.41, 5.74) is 2.70. The molecule has 0 bridgehead atoms. The molecule has 1 aromatic heterocycles. The summed E-state index contributed by atoms with van der Waals surface area (Å²) in [4.78, 5) is 20.1. The first-order valence-corrected chi connectivity index (χ1v) is 9.76. The van der Waals surface area contributed by atoms with Crippen molar-refractivity contribution < 1.29 is 14.3 Å². The van der Waals surface area contributed by atoms with Gasteiger partial charge < -0.3 is 14.5 Å². The zero-order valence-electron chi connectivity index (χ0n) is 16.4. The highest BCUT2D eigenvalue weighted by Crippen LogP contribution is 2.33. The van der Waals surface area contributed by atoms with E-state index in [1.807, 2.05) is 32.9 Å². The van der Waals surface area contributed by atoms with Crippen LogP contribution in [0.1, 0.15) is 51.4 Å². The molecule has 0 saturated heterocycles. The molecule has 0 aliphatic heterocycles. The van der Waals surface area contributed by atoms with E-state index in [0.29, 0.717) is 17.4 Å². The van der Waals surface area contributed by atoms with E-state index in [2.05, 4.69) is 4.98 Å². The monoisotopic (exact) mass is 390 g/mol. The first-order chi connectivity index (χ1) is 12.7. The van der Waals surface area contributed by atoms with Crippen molar-refractivity contribution in [2.75, 3.05) is 7.11 Å². The third kappa shape index (κ3) is 5.04. The minimum absolute atomic E-state index is 0.122. The number of halogens is 1. The van der Waals surface area contributed by atoms with Crippen LogP contribution in [0.25, 0.3) is 11.4 Å². The van der Waals surface area contributed by atoms with Crippen LogP contribution in [0.2, 0.25) is 5.02 Å². The number of nitrogens with one attached hydrogen (secondary N) is 1. The Morgan fingerprint density at radius 2 is 2.15 bits per heavy atom. The number of rotatable bonds is 5. The van der Waals surface area contributed by atoms with Crippen molar-refractivity contribution in [3.63, 3.8) is 0 Å². The average molecular weight is 391 g/mol. The van der Waals surface area contributed by atoms with Gasteiger partial charge in [-0.05, 0) is 70.6 Å². The number of hydrogen-bond acceptors (Lipinski definition) is 4. The minimum Gasteiger partial charge on any atom is -0.497 e. The summed E-state index contributed by atoms with van der Waals surface area (Å²) < 4.78 is 10.6. The van der Waals surface area contributed by atoms with E-state index in [1.54, 1.807) is 13.2 Å². The Morgan fingerprint density at radius 1 is 1.37 bits per heavy atom. The predicted molar refractivity (Wildman–Crippen MR) is 106 cm³/mol. The molecule has 1 atom stereocenters. The molecule has 1 N–H and O–H groups in total. The molecule has 0 spiro atoms. The van der Waals surface area contributed by atoms with Gasteiger partial charge in [0.1, 0.15) is 17.2 Å². The SMILES string of the molecule is COc1ccc(-c2nc3c([nH]2)CC(CCC(=O)OC(C)(C)C)CC3)c(Cl)c1. The molecule has 0 radical (unpaired) electrons. The molecule has 1 heterocycles. The summed E-state index contributed by atoms with van der Waals surface area (Å²) in [5.74, 6) is 1.86. The van der Waals surface area contributed by atoms with E-state index < -0.39 is 5.60 Å². The molecular formula is C21H27ClN2O3. The molecule has 5 nitrogen and oxygen atoms in total. The van der Waals surface area contributed by atoms with E-state index in [1.165, 1.54) is 0 Å². The molecule has 3 rings (SSSR count). The number of nitrogens with zero attached hydrogens (tertiary/aromatic N) is 1. The van der Waals surface area contributed by atoms with Gasteiger partial charge in [-0.2, -0.15) is 0 Å². The Kier molecular flexibility index (Phi) is 5.80. The molecule has 1 aromatic carbocycles. The molecule has 6 heteroatoms. The minimum atomic E-state index is -0.424. The third-order valence-corrected chi connectivity index (χ3v) is 5.07. The van der Waals surface area contributed by atoms with Gasteiger partial charge in [0.25, 0.3) is 0 Å². The normalized spacial score (nSPS) is 16.7. The smallest absolute Gasteiger partial charge is 0.306 e. The molecule has 146 valence electrons. The lowest BCUT2D eigenvalue weighted by atomic mass is 9.86. The number of H-pyrrole nitrogens is 1. The fourth-order valence-corrected chi connectivity index (χ4v) is 3.72. The Hall–Kier alpha value is -2.01. The number of ether oxygens (including phenoxy) is 2. The summed E-state index contributed by atoms with van der Waals surface area (Å²) >= 11 is 6.38. The van der Waals surface area contributed by atoms with Crippen LogP contribution < -0.4 is 4.74 Å². The maximum Gasteiger partial charge on any atom is 0.306 e. The molecule has 0 amide bonds. The Balaban J connectivity index is 1.65. The maximum absolute atomic E-state index is 12.0. The number of hydrogen-bond donors (Lipinski definition) is 1. The standard InChI is InChI=1S/C21H27ClN2O3/c1-21(2,3)27-19(25)10-6-13-5-9-17-18(11-13)24-20(23-17)15-8-7-14(26-4)12-16(15)22/h7-8,12-13H,5-6,9-11H2,1-4H3,(H,23,24). The molecule has 0 fully saturated rings. The third-order valence-electron chi connectivity index (χ3n) is 4.75. The first-order valence-electron chi connectivity index (χ1n) is 9.38. The predicted octanol–water partition coefficient (Wildman–Crippen LogP) is 4.97. The van der Waals surface area contributed by atoms with E-state index in [-0.39, 0.29) is 5.97 Å². The van der Waals surface area contributed by atoms with E-state index >= 15 is 0 Å².